The first kappa shape index (κ1) is 52.8. The van der Waals surface area contributed by atoms with E-state index in [2.05, 4.69) is 39.9 Å². The Morgan fingerprint density at radius 2 is 1.08 bits per heavy atom. The molecule has 0 radical (unpaired) electrons. The largest absolute Gasteiger partial charge is 0.497 e. The normalized spacial score (nSPS) is 11.3. The van der Waals surface area contributed by atoms with Crippen LogP contribution < -0.4 is 23.3 Å². The number of anilines is 2. The minimum atomic E-state index is -4.94. The molecule has 0 amide bonds. The molecule has 4 heterocycles. The number of nitrogens with zero attached hydrogens (tertiary/aromatic N) is 7. The molecule has 4 aromatic heterocycles. The van der Waals surface area contributed by atoms with Gasteiger partial charge in [-0.1, -0.05) is 70.1 Å². The summed E-state index contributed by atoms with van der Waals surface area (Å²) in [6.45, 7) is 0.587. The molecule has 0 atom stereocenters. The summed E-state index contributed by atoms with van der Waals surface area (Å²) in [7, 11) is -5.83. The van der Waals surface area contributed by atoms with Crippen LogP contribution in [-0.2, 0) is 33.2 Å². The fraction of sp³-hybridized carbons (Fsp3) is 0.0909. The van der Waals surface area contributed by atoms with Crippen LogP contribution in [0.3, 0.4) is 0 Å². The van der Waals surface area contributed by atoms with Crippen molar-refractivity contribution < 1.29 is 61.2 Å². The maximum Gasteiger partial charge on any atom is 0.339 e. The van der Waals surface area contributed by atoms with E-state index in [1.807, 2.05) is 24.3 Å². The lowest BCUT2D eigenvalue weighted by atomic mass is 10.2. The van der Waals surface area contributed by atoms with Crippen LogP contribution in [0.4, 0.5) is 41.0 Å². The van der Waals surface area contributed by atoms with E-state index < -0.39 is 65.0 Å². The van der Waals surface area contributed by atoms with Crippen LogP contribution in [0.1, 0.15) is 11.1 Å². The SMILES string of the molecule is COc1ccc(CN(c2ncc(F)s2)S(=O)(=O)c2ccc3c(Cl)nncc3c2)cc1.COc1ccc(CNc2ncc(F)s2)cc1.O=S(=O)(Oc1c(F)c(F)c(F)c(F)c1F)c1ccc2c(Cl)nncc2c1. The van der Waals surface area contributed by atoms with Crippen molar-refractivity contribution in [3.05, 3.63) is 170 Å². The van der Waals surface area contributed by atoms with Gasteiger partial charge < -0.3 is 19.0 Å². The smallest absolute Gasteiger partial charge is 0.339 e. The molecule has 0 fully saturated rings. The van der Waals surface area contributed by atoms with Crippen LogP contribution >= 0.6 is 45.9 Å². The average Bonchev–Trinajstić information content (AvgIpc) is 4.02. The number of hydrogen-bond acceptors (Lipinski definition) is 16. The van der Waals surface area contributed by atoms with Gasteiger partial charge in [0.1, 0.15) is 16.4 Å². The maximum absolute atomic E-state index is 13.7. The fourth-order valence-corrected chi connectivity index (χ4v) is 10.3. The van der Waals surface area contributed by atoms with Crippen molar-refractivity contribution >= 4 is 97.8 Å². The lowest BCUT2D eigenvalue weighted by Crippen LogP contribution is -2.30. The molecule has 374 valence electrons. The molecule has 9 rings (SSSR count). The Hall–Kier alpha value is -6.97. The highest BCUT2D eigenvalue weighted by molar-refractivity contribution is 7.93. The molecule has 0 aliphatic heterocycles. The zero-order valence-corrected chi connectivity index (χ0v) is 41.1. The summed E-state index contributed by atoms with van der Waals surface area (Å²) in [6.07, 6.45) is 4.78. The van der Waals surface area contributed by atoms with Crippen molar-refractivity contribution in [1.82, 2.24) is 30.4 Å². The molecular formula is C44H29Cl2F7N8O7S4. The van der Waals surface area contributed by atoms with Crippen molar-refractivity contribution in [3.8, 4) is 17.2 Å². The number of aromatic nitrogens is 6. The molecule has 0 saturated heterocycles. The minimum Gasteiger partial charge on any atom is -0.497 e. The molecule has 0 bridgehead atoms. The zero-order chi connectivity index (χ0) is 51.9. The van der Waals surface area contributed by atoms with Gasteiger partial charge >= 0.3 is 10.1 Å². The fourth-order valence-electron chi connectivity index (χ4n) is 6.09. The summed E-state index contributed by atoms with van der Waals surface area (Å²) in [4.78, 5) is 7.18. The standard InChI is InChI=1S/C19H14ClFN4O3S2.C14H4ClF5N2O3S.C11H11FN2OS/c1-28-14-4-2-12(3-5-14)11-25(19-22-10-17(21)29-19)30(26,27)15-6-7-16-13(8-15)9-23-24-18(16)20;15-14-7-2-1-6(3-5(7)4-21-22-14)26(23,24)25-13-11(19)9(17)8(16)10(18)12(13)20;1-15-9-4-2-8(3-5-9)6-13-11-14-7-10(12)16-11/h2-10H,11H2,1H3;1-4H;2-5,7H,6H2,1H3,(H,13,14). The number of hydrogen-bond donors (Lipinski definition) is 1. The first-order valence-corrected chi connectivity index (χ1v) is 25.1. The number of fused-ring (bicyclic) bond motifs is 2. The third kappa shape index (κ3) is 12.2. The lowest BCUT2D eigenvalue weighted by molar-refractivity contribution is 0.346. The number of methoxy groups -OCH3 is 2. The monoisotopic (exact) mass is 1110 g/mol. The topological polar surface area (TPSA) is 189 Å². The van der Waals surface area contributed by atoms with Crippen LogP contribution in [0.5, 0.6) is 17.2 Å². The Labute approximate surface area is 421 Å². The van der Waals surface area contributed by atoms with Gasteiger partial charge in [0, 0.05) is 28.1 Å². The van der Waals surface area contributed by atoms with Gasteiger partial charge in [-0.15, -0.1) is 10.2 Å². The van der Waals surface area contributed by atoms with Gasteiger partial charge in [0.05, 0.1) is 50.4 Å². The predicted octanol–water partition coefficient (Wildman–Crippen LogP) is 10.9. The molecule has 0 aliphatic rings. The number of benzene rings is 5. The van der Waals surface area contributed by atoms with E-state index in [9.17, 15) is 47.6 Å². The van der Waals surface area contributed by atoms with Gasteiger partial charge in [0.2, 0.25) is 40.0 Å². The highest BCUT2D eigenvalue weighted by Crippen LogP contribution is 2.34. The van der Waals surface area contributed by atoms with E-state index in [1.54, 1.807) is 44.6 Å². The average molecular weight is 1110 g/mol. The van der Waals surface area contributed by atoms with Gasteiger partial charge in [-0.25, -0.2) is 35.9 Å². The quantitative estimate of drug-likeness (QED) is 0.0497. The molecule has 5 aromatic carbocycles. The van der Waals surface area contributed by atoms with Crippen molar-refractivity contribution in [3.63, 3.8) is 0 Å². The van der Waals surface area contributed by atoms with E-state index in [-0.39, 0.29) is 37.4 Å². The van der Waals surface area contributed by atoms with E-state index in [0.717, 1.165) is 51.5 Å². The van der Waals surface area contributed by atoms with E-state index in [4.69, 9.17) is 32.7 Å². The highest BCUT2D eigenvalue weighted by Gasteiger charge is 2.32. The van der Waals surface area contributed by atoms with Crippen molar-refractivity contribution in [2.24, 2.45) is 0 Å². The van der Waals surface area contributed by atoms with Gasteiger partial charge in [-0.3, -0.25) is 0 Å². The summed E-state index contributed by atoms with van der Waals surface area (Å²) in [5.74, 6) is -12.4. The first-order valence-electron chi connectivity index (χ1n) is 19.8. The van der Waals surface area contributed by atoms with E-state index in [0.29, 0.717) is 50.5 Å². The lowest BCUT2D eigenvalue weighted by Gasteiger charge is -2.22. The summed E-state index contributed by atoms with van der Waals surface area (Å²) in [5, 5.41) is 19.1. The Morgan fingerprint density at radius 1 is 0.597 bits per heavy atom. The number of nitrogens with one attached hydrogen (secondary N) is 1. The maximum atomic E-state index is 13.7. The van der Waals surface area contributed by atoms with Crippen LogP contribution in [0, 0.1) is 39.3 Å². The number of ether oxygens (including phenoxy) is 2. The van der Waals surface area contributed by atoms with Crippen LogP contribution in [0.25, 0.3) is 21.5 Å². The molecule has 72 heavy (non-hydrogen) atoms. The van der Waals surface area contributed by atoms with E-state index in [1.165, 1.54) is 30.6 Å². The molecule has 28 heteroatoms. The highest BCUT2D eigenvalue weighted by atomic mass is 35.5. The molecule has 0 spiro atoms. The second kappa shape index (κ2) is 22.6. The Bertz CT molecular complexity index is 3620. The van der Waals surface area contributed by atoms with Crippen molar-refractivity contribution in [2.75, 3.05) is 23.8 Å². The summed E-state index contributed by atoms with van der Waals surface area (Å²) in [6, 6.07) is 22.2. The Balaban J connectivity index is 0.000000166. The Morgan fingerprint density at radius 3 is 1.58 bits per heavy atom. The molecule has 15 nitrogen and oxygen atoms in total. The van der Waals surface area contributed by atoms with Gasteiger partial charge in [-0.05, 0) is 71.8 Å². The molecule has 0 aliphatic carbocycles. The number of rotatable bonds is 13. The third-order valence-corrected chi connectivity index (χ3v) is 14.8. The second-order valence-corrected chi connectivity index (χ2v) is 20.2. The second-order valence-electron chi connectivity index (χ2n) is 14.2. The molecule has 0 saturated carbocycles. The van der Waals surface area contributed by atoms with Crippen LogP contribution in [0.15, 0.2) is 120 Å². The van der Waals surface area contributed by atoms with Crippen LogP contribution in [-0.4, -0.2) is 61.4 Å². The number of halogens is 9. The van der Waals surface area contributed by atoms with E-state index >= 15 is 0 Å². The minimum absolute atomic E-state index is 0.00295. The number of sulfonamides is 1. The Kier molecular flexibility index (Phi) is 16.6. The van der Waals surface area contributed by atoms with Gasteiger partial charge in [0.25, 0.3) is 10.0 Å². The first-order chi connectivity index (χ1) is 34.3. The summed E-state index contributed by atoms with van der Waals surface area (Å²) < 4.78 is 160. The predicted molar refractivity (Wildman–Crippen MR) is 254 cm³/mol. The number of thiazole rings is 2. The zero-order valence-electron chi connectivity index (χ0n) is 36.3. The molecule has 1 N–H and O–H groups in total. The molecule has 0 unspecified atom stereocenters. The van der Waals surface area contributed by atoms with Crippen molar-refractivity contribution in [2.45, 2.75) is 22.9 Å². The van der Waals surface area contributed by atoms with Crippen molar-refractivity contribution in [1.29, 1.82) is 0 Å². The van der Waals surface area contributed by atoms with Gasteiger partial charge in [-0.2, -0.15) is 36.2 Å². The van der Waals surface area contributed by atoms with Gasteiger partial charge in [0.15, 0.2) is 25.7 Å². The molecule has 9 aromatic rings. The summed E-state index contributed by atoms with van der Waals surface area (Å²) in [5.41, 5.74) is 1.78. The summed E-state index contributed by atoms with van der Waals surface area (Å²) >= 11 is 13.4. The van der Waals surface area contributed by atoms with Crippen LogP contribution in [0.2, 0.25) is 10.3 Å². The third-order valence-electron chi connectivity index (χ3n) is 9.66. The molecular weight excluding hydrogens is 1080 g/mol.